The summed E-state index contributed by atoms with van der Waals surface area (Å²) >= 11 is 0. The fraction of sp³-hybridized carbons (Fsp3) is 0. The predicted molar refractivity (Wildman–Crippen MR) is 236 cm³/mol. The Labute approximate surface area is 330 Å². The average molecular weight is 727 g/mol. The van der Waals surface area contributed by atoms with Crippen molar-refractivity contribution in [2.45, 2.75) is 0 Å². The zero-order valence-corrected chi connectivity index (χ0v) is 30.9. The summed E-state index contributed by atoms with van der Waals surface area (Å²) in [6, 6.07) is 73.1. The van der Waals surface area contributed by atoms with Crippen LogP contribution >= 0.6 is 0 Å². The van der Waals surface area contributed by atoms with E-state index in [-0.39, 0.29) is 0 Å². The molecule has 0 fully saturated rings. The van der Waals surface area contributed by atoms with Crippen LogP contribution in [0, 0.1) is 0 Å². The molecular formula is C53H34N4. The number of aromatic nitrogens is 4. The van der Waals surface area contributed by atoms with Gasteiger partial charge < -0.3 is 4.57 Å². The minimum absolute atomic E-state index is 0.619. The van der Waals surface area contributed by atoms with Gasteiger partial charge in [0.05, 0.1) is 16.7 Å². The Hall–Kier alpha value is -7.69. The van der Waals surface area contributed by atoms with E-state index in [0.29, 0.717) is 17.5 Å². The van der Waals surface area contributed by atoms with Crippen LogP contribution in [0.3, 0.4) is 0 Å². The third-order valence-electron chi connectivity index (χ3n) is 11.0. The molecule has 0 spiro atoms. The Morgan fingerprint density at radius 2 is 0.702 bits per heavy atom. The van der Waals surface area contributed by atoms with E-state index in [1.165, 1.54) is 37.9 Å². The summed E-state index contributed by atoms with van der Waals surface area (Å²) in [5.41, 5.74) is 10.7. The highest BCUT2D eigenvalue weighted by Gasteiger charge is 2.20. The molecule has 0 N–H and O–H groups in total. The number of rotatable bonds is 6. The topological polar surface area (TPSA) is 43.6 Å². The van der Waals surface area contributed by atoms with Crippen molar-refractivity contribution in [2.24, 2.45) is 0 Å². The molecule has 0 aliphatic heterocycles. The number of fused-ring (bicyclic) bond motifs is 5. The molecule has 11 rings (SSSR count). The molecule has 0 amide bonds. The molecular weight excluding hydrogens is 693 g/mol. The van der Waals surface area contributed by atoms with Crippen LogP contribution in [0.5, 0.6) is 0 Å². The van der Waals surface area contributed by atoms with Crippen LogP contribution in [0.15, 0.2) is 206 Å². The van der Waals surface area contributed by atoms with Crippen LogP contribution in [0.25, 0.3) is 105 Å². The zero-order chi connectivity index (χ0) is 37.7. The van der Waals surface area contributed by atoms with E-state index >= 15 is 0 Å². The lowest BCUT2D eigenvalue weighted by Crippen LogP contribution is -2.02. The van der Waals surface area contributed by atoms with Gasteiger partial charge in [0.2, 0.25) is 0 Å². The minimum Gasteiger partial charge on any atom is -0.309 e. The second kappa shape index (κ2) is 13.6. The molecule has 0 atom stereocenters. The van der Waals surface area contributed by atoms with Crippen molar-refractivity contribution in [1.29, 1.82) is 0 Å². The maximum atomic E-state index is 5.13. The maximum Gasteiger partial charge on any atom is 0.164 e. The molecule has 0 bridgehead atoms. The predicted octanol–water partition coefficient (Wildman–Crippen LogP) is 13.6. The van der Waals surface area contributed by atoms with E-state index in [0.717, 1.165) is 50.1 Å². The van der Waals surface area contributed by atoms with Crippen molar-refractivity contribution >= 4 is 43.4 Å². The molecule has 57 heavy (non-hydrogen) atoms. The molecule has 0 saturated carbocycles. The Morgan fingerprint density at radius 3 is 1.23 bits per heavy atom. The number of benzene rings is 9. The molecule has 4 heteroatoms. The average Bonchev–Trinajstić information content (AvgIpc) is 3.59. The second-order valence-corrected chi connectivity index (χ2v) is 14.5. The molecule has 0 aliphatic carbocycles. The highest BCUT2D eigenvalue weighted by atomic mass is 15.0. The van der Waals surface area contributed by atoms with Gasteiger partial charge in [0.25, 0.3) is 0 Å². The summed E-state index contributed by atoms with van der Waals surface area (Å²) in [5, 5.41) is 7.30. The summed E-state index contributed by atoms with van der Waals surface area (Å²) in [5.74, 6) is 1.89. The van der Waals surface area contributed by atoms with Gasteiger partial charge in [0.15, 0.2) is 17.5 Å². The van der Waals surface area contributed by atoms with Crippen LogP contribution in [-0.4, -0.2) is 19.5 Å². The third-order valence-corrected chi connectivity index (χ3v) is 11.0. The van der Waals surface area contributed by atoms with E-state index < -0.39 is 0 Å². The Morgan fingerprint density at radius 1 is 0.281 bits per heavy atom. The Balaban J connectivity index is 1.21. The van der Waals surface area contributed by atoms with Gasteiger partial charge in [-0.3, -0.25) is 0 Å². The number of hydrogen-bond acceptors (Lipinski definition) is 3. The molecule has 9 aromatic carbocycles. The first-order chi connectivity index (χ1) is 28.2. The maximum absolute atomic E-state index is 5.13. The van der Waals surface area contributed by atoms with Crippen LogP contribution in [0.1, 0.15) is 0 Å². The molecule has 2 heterocycles. The zero-order valence-electron chi connectivity index (χ0n) is 30.9. The molecule has 11 aromatic rings. The molecule has 2 aromatic heterocycles. The van der Waals surface area contributed by atoms with Crippen LogP contribution < -0.4 is 0 Å². The van der Waals surface area contributed by atoms with E-state index in [4.69, 9.17) is 15.0 Å². The third kappa shape index (κ3) is 5.83. The van der Waals surface area contributed by atoms with E-state index in [1.54, 1.807) is 0 Å². The number of nitrogens with zero attached hydrogens (tertiary/aromatic N) is 4. The van der Waals surface area contributed by atoms with Crippen LogP contribution in [0.2, 0.25) is 0 Å². The Bertz CT molecular complexity index is 3130. The van der Waals surface area contributed by atoms with Gasteiger partial charge in [-0.1, -0.05) is 158 Å². The normalized spacial score (nSPS) is 11.5. The van der Waals surface area contributed by atoms with Crippen molar-refractivity contribution < 1.29 is 0 Å². The summed E-state index contributed by atoms with van der Waals surface area (Å²) in [4.78, 5) is 15.2. The van der Waals surface area contributed by atoms with E-state index in [9.17, 15) is 0 Å². The second-order valence-electron chi connectivity index (χ2n) is 14.5. The first kappa shape index (κ1) is 32.7. The van der Waals surface area contributed by atoms with Gasteiger partial charge >= 0.3 is 0 Å². The quantitative estimate of drug-likeness (QED) is 0.171. The van der Waals surface area contributed by atoms with Crippen molar-refractivity contribution in [1.82, 2.24) is 19.5 Å². The summed E-state index contributed by atoms with van der Waals surface area (Å²) in [6.45, 7) is 0. The highest BCUT2D eigenvalue weighted by Crippen LogP contribution is 2.41. The lowest BCUT2D eigenvalue weighted by molar-refractivity contribution is 1.07. The SMILES string of the molecule is c1ccc(-c2cccc(-c3cc(-c4nc(-c5ccccc5)nc(-c5ccccc5)n4)ccc3-n3c4cc5ccccc5cc4c4cc5ccccc5cc43)c2)cc1. The van der Waals surface area contributed by atoms with Crippen molar-refractivity contribution in [3.05, 3.63) is 206 Å². The lowest BCUT2D eigenvalue weighted by atomic mass is 9.96. The largest absolute Gasteiger partial charge is 0.309 e. The van der Waals surface area contributed by atoms with Gasteiger partial charge in [-0.05, 0) is 86.8 Å². The van der Waals surface area contributed by atoms with Gasteiger partial charge in [-0.2, -0.15) is 0 Å². The van der Waals surface area contributed by atoms with Crippen molar-refractivity contribution in [3.8, 4) is 62.1 Å². The molecule has 266 valence electrons. The number of hydrogen-bond donors (Lipinski definition) is 0. The monoisotopic (exact) mass is 726 g/mol. The van der Waals surface area contributed by atoms with Gasteiger partial charge in [0.1, 0.15) is 0 Å². The highest BCUT2D eigenvalue weighted by molar-refractivity contribution is 6.17. The fourth-order valence-electron chi connectivity index (χ4n) is 8.18. The minimum atomic E-state index is 0.619. The molecule has 4 nitrogen and oxygen atoms in total. The Kier molecular flexibility index (Phi) is 7.78. The van der Waals surface area contributed by atoms with Crippen LogP contribution in [-0.2, 0) is 0 Å². The van der Waals surface area contributed by atoms with Crippen LogP contribution in [0.4, 0.5) is 0 Å². The van der Waals surface area contributed by atoms with Gasteiger partial charge in [0, 0.05) is 33.0 Å². The smallest absolute Gasteiger partial charge is 0.164 e. The molecule has 0 aliphatic rings. The van der Waals surface area contributed by atoms with Crippen molar-refractivity contribution in [2.75, 3.05) is 0 Å². The molecule has 0 unspecified atom stereocenters. The van der Waals surface area contributed by atoms with E-state index in [2.05, 4.69) is 150 Å². The van der Waals surface area contributed by atoms with E-state index in [1.807, 2.05) is 60.7 Å². The first-order valence-corrected chi connectivity index (χ1v) is 19.3. The lowest BCUT2D eigenvalue weighted by Gasteiger charge is -2.17. The molecule has 0 radical (unpaired) electrons. The summed E-state index contributed by atoms with van der Waals surface area (Å²) < 4.78 is 2.45. The van der Waals surface area contributed by atoms with Crippen molar-refractivity contribution in [3.63, 3.8) is 0 Å². The first-order valence-electron chi connectivity index (χ1n) is 19.3. The fourth-order valence-corrected chi connectivity index (χ4v) is 8.18. The van der Waals surface area contributed by atoms with Gasteiger partial charge in [-0.15, -0.1) is 0 Å². The molecule has 0 saturated heterocycles. The summed E-state index contributed by atoms with van der Waals surface area (Å²) in [7, 11) is 0. The standard InChI is InChI=1S/C53H34N4/c1-4-15-35(16-5-1)38-25-14-26-43(29-38)45-32-44(53-55-51(36-17-6-2-7-18-36)54-52(56-53)37-19-8-3-9-20-37)27-28-48(45)57-49-33-41-23-12-10-21-39(41)30-46(49)47-31-40-22-11-13-24-42(40)34-50(47)57/h1-34H. The summed E-state index contributed by atoms with van der Waals surface area (Å²) in [6.07, 6.45) is 0. The van der Waals surface area contributed by atoms with Gasteiger partial charge in [-0.25, -0.2) is 15.0 Å².